The maximum absolute atomic E-state index is 12.5. The highest BCUT2D eigenvalue weighted by atomic mass is 32.3. The van der Waals surface area contributed by atoms with Gasteiger partial charge in [-0.15, -0.1) is 3.89 Å². The second-order valence-electron chi connectivity index (χ2n) is 5.50. The van der Waals surface area contributed by atoms with Gasteiger partial charge in [-0.1, -0.05) is 0 Å². The number of rotatable bonds is 3. The first kappa shape index (κ1) is 15.2. The van der Waals surface area contributed by atoms with Crippen molar-refractivity contribution in [3.05, 3.63) is 0 Å². The van der Waals surface area contributed by atoms with Crippen LogP contribution < -0.4 is 0 Å². The molecular formula is C11H20FNO4S. The fourth-order valence-corrected chi connectivity index (χ4v) is 2.53. The third-order valence-electron chi connectivity index (χ3n) is 2.70. The Bertz CT molecular complexity index is 402. The van der Waals surface area contributed by atoms with E-state index in [0.717, 1.165) is 6.42 Å². The maximum Gasteiger partial charge on any atom is 0.410 e. The first-order valence-electron chi connectivity index (χ1n) is 6.00. The minimum Gasteiger partial charge on any atom is -0.444 e. The zero-order chi connectivity index (χ0) is 14.0. The van der Waals surface area contributed by atoms with Gasteiger partial charge in [-0.05, 0) is 40.0 Å². The number of halogens is 1. The van der Waals surface area contributed by atoms with Crippen LogP contribution in [0.3, 0.4) is 0 Å². The zero-order valence-electron chi connectivity index (χ0n) is 11.0. The Morgan fingerprint density at radius 2 is 2.06 bits per heavy atom. The van der Waals surface area contributed by atoms with Crippen LogP contribution in [-0.4, -0.2) is 43.4 Å². The number of ether oxygens (including phenoxy) is 1. The Labute approximate surface area is 108 Å². The highest BCUT2D eigenvalue weighted by molar-refractivity contribution is 7.86. The van der Waals surface area contributed by atoms with Crippen molar-refractivity contribution in [2.24, 2.45) is 0 Å². The average molecular weight is 281 g/mol. The van der Waals surface area contributed by atoms with E-state index in [2.05, 4.69) is 0 Å². The second kappa shape index (κ2) is 5.42. The number of carbonyl (C=O) groups excluding carboxylic acids is 1. The summed E-state index contributed by atoms with van der Waals surface area (Å²) in [5.74, 6) is -0.545. The number of nitrogens with zero attached hydrogens (tertiary/aromatic N) is 1. The van der Waals surface area contributed by atoms with E-state index in [1.54, 1.807) is 20.8 Å². The molecule has 0 aromatic heterocycles. The van der Waals surface area contributed by atoms with Gasteiger partial charge in [0, 0.05) is 12.6 Å². The van der Waals surface area contributed by atoms with Gasteiger partial charge in [-0.2, -0.15) is 8.42 Å². The molecular weight excluding hydrogens is 261 g/mol. The Morgan fingerprint density at radius 3 is 2.56 bits per heavy atom. The number of amides is 1. The van der Waals surface area contributed by atoms with Crippen molar-refractivity contribution in [3.8, 4) is 0 Å². The third kappa shape index (κ3) is 5.20. The van der Waals surface area contributed by atoms with E-state index in [4.69, 9.17) is 4.74 Å². The van der Waals surface area contributed by atoms with E-state index in [0.29, 0.717) is 13.0 Å². The van der Waals surface area contributed by atoms with Crippen molar-refractivity contribution in [1.29, 1.82) is 0 Å². The van der Waals surface area contributed by atoms with Crippen LogP contribution in [0.4, 0.5) is 8.68 Å². The lowest BCUT2D eigenvalue weighted by molar-refractivity contribution is 0.0224. The molecule has 1 unspecified atom stereocenters. The number of carbonyl (C=O) groups is 1. The minimum atomic E-state index is -4.47. The molecule has 1 aliphatic rings. The predicted molar refractivity (Wildman–Crippen MR) is 65.5 cm³/mol. The third-order valence-corrected chi connectivity index (χ3v) is 3.42. The van der Waals surface area contributed by atoms with E-state index in [1.807, 2.05) is 0 Å². The highest BCUT2D eigenvalue weighted by Gasteiger charge is 2.32. The SMILES string of the molecule is CC(C)(C)OC(=O)N1CCCC1CCS(=O)(=O)F. The van der Waals surface area contributed by atoms with Gasteiger partial charge < -0.3 is 9.64 Å². The molecule has 0 radical (unpaired) electrons. The second-order valence-corrected chi connectivity index (χ2v) is 6.99. The van der Waals surface area contributed by atoms with Crippen LogP contribution >= 0.6 is 0 Å². The summed E-state index contributed by atoms with van der Waals surface area (Å²) in [5.41, 5.74) is -0.587. The lowest BCUT2D eigenvalue weighted by Crippen LogP contribution is -2.40. The molecule has 0 bridgehead atoms. The fourth-order valence-electron chi connectivity index (χ4n) is 1.97. The van der Waals surface area contributed by atoms with Crippen LogP contribution in [0, 0.1) is 0 Å². The van der Waals surface area contributed by atoms with Crippen LogP contribution in [0.1, 0.15) is 40.0 Å². The normalized spacial score (nSPS) is 21.1. The Morgan fingerprint density at radius 1 is 1.44 bits per heavy atom. The predicted octanol–water partition coefficient (Wildman–Crippen LogP) is 2.08. The molecule has 1 saturated heterocycles. The van der Waals surface area contributed by atoms with Crippen LogP contribution in [0.5, 0.6) is 0 Å². The summed E-state index contributed by atoms with van der Waals surface area (Å²) in [6.45, 7) is 5.83. The van der Waals surface area contributed by atoms with Crippen molar-refractivity contribution in [2.45, 2.75) is 51.7 Å². The maximum atomic E-state index is 12.5. The van der Waals surface area contributed by atoms with Gasteiger partial charge >= 0.3 is 16.3 Å². The monoisotopic (exact) mass is 281 g/mol. The largest absolute Gasteiger partial charge is 0.444 e. The Hall–Kier alpha value is -0.850. The van der Waals surface area contributed by atoms with Crippen LogP contribution in [0.2, 0.25) is 0 Å². The van der Waals surface area contributed by atoms with Gasteiger partial charge in [-0.25, -0.2) is 4.79 Å². The molecule has 1 rings (SSSR count). The van der Waals surface area contributed by atoms with E-state index < -0.39 is 27.7 Å². The highest BCUT2D eigenvalue weighted by Crippen LogP contribution is 2.23. The van der Waals surface area contributed by atoms with Crippen molar-refractivity contribution < 1.29 is 21.8 Å². The fraction of sp³-hybridized carbons (Fsp3) is 0.909. The standard InChI is InChI=1S/C11H20FNO4S/c1-11(2,3)17-10(14)13-7-4-5-9(13)6-8-18(12,15)16/h9H,4-8H2,1-3H3. The van der Waals surface area contributed by atoms with E-state index in [-0.39, 0.29) is 12.5 Å². The number of hydrogen-bond acceptors (Lipinski definition) is 4. The quantitative estimate of drug-likeness (QED) is 0.743. The molecule has 106 valence electrons. The van der Waals surface area contributed by atoms with E-state index in [9.17, 15) is 17.1 Å². The zero-order valence-corrected chi connectivity index (χ0v) is 11.8. The first-order chi connectivity index (χ1) is 8.08. The molecule has 1 amide bonds. The van der Waals surface area contributed by atoms with Crippen LogP contribution in [0.25, 0.3) is 0 Å². The van der Waals surface area contributed by atoms with Crippen molar-refractivity contribution in [2.75, 3.05) is 12.3 Å². The molecule has 0 N–H and O–H groups in total. The number of hydrogen-bond donors (Lipinski definition) is 0. The molecule has 0 aromatic carbocycles. The average Bonchev–Trinajstić information content (AvgIpc) is 2.58. The molecule has 0 aliphatic carbocycles. The van der Waals surface area contributed by atoms with Crippen LogP contribution in [-0.2, 0) is 15.0 Å². The molecule has 0 aromatic rings. The summed E-state index contributed by atoms with van der Waals surface area (Å²) in [4.78, 5) is 13.4. The molecule has 18 heavy (non-hydrogen) atoms. The van der Waals surface area contributed by atoms with Crippen molar-refractivity contribution >= 4 is 16.3 Å². The van der Waals surface area contributed by atoms with Gasteiger partial charge in [0.1, 0.15) is 5.60 Å². The van der Waals surface area contributed by atoms with Gasteiger partial charge in [0.2, 0.25) is 0 Å². The number of likely N-dealkylation sites (tertiary alicyclic amines) is 1. The molecule has 1 fully saturated rings. The molecule has 1 aliphatic heterocycles. The topological polar surface area (TPSA) is 63.7 Å². The lowest BCUT2D eigenvalue weighted by atomic mass is 10.2. The summed E-state index contributed by atoms with van der Waals surface area (Å²) in [5, 5.41) is 0. The molecule has 5 nitrogen and oxygen atoms in total. The summed E-state index contributed by atoms with van der Waals surface area (Å²) in [7, 11) is -4.47. The molecule has 0 saturated carbocycles. The van der Waals surface area contributed by atoms with Gasteiger partial charge in [0.15, 0.2) is 0 Å². The molecule has 0 spiro atoms. The summed E-state index contributed by atoms with van der Waals surface area (Å²) in [6.07, 6.45) is 1.14. The summed E-state index contributed by atoms with van der Waals surface area (Å²) < 4.78 is 38.7. The summed E-state index contributed by atoms with van der Waals surface area (Å²) in [6, 6.07) is -0.245. The molecule has 1 heterocycles. The molecule has 7 heteroatoms. The molecule has 1 atom stereocenters. The van der Waals surface area contributed by atoms with Gasteiger partial charge in [0.05, 0.1) is 5.75 Å². The van der Waals surface area contributed by atoms with Crippen molar-refractivity contribution in [3.63, 3.8) is 0 Å². The minimum absolute atomic E-state index is 0.123. The van der Waals surface area contributed by atoms with Gasteiger partial charge in [-0.3, -0.25) is 0 Å². The van der Waals surface area contributed by atoms with Crippen LogP contribution in [0.15, 0.2) is 0 Å². The Kier molecular flexibility index (Phi) is 4.58. The summed E-state index contributed by atoms with van der Waals surface area (Å²) >= 11 is 0. The Balaban J connectivity index is 2.57. The van der Waals surface area contributed by atoms with E-state index in [1.165, 1.54) is 4.90 Å². The van der Waals surface area contributed by atoms with Crippen molar-refractivity contribution in [1.82, 2.24) is 4.90 Å². The van der Waals surface area contributed by atoms with E-state index >= 15 is 0 Å². The first-order valence-corrected chi connectivity index (χ1v) is 7.56. The lowest BCUT2D eigenvalue weighted by Gasteiger charge is -2.28. The van der Waals surface area contributed by atoms with Gasteiger partial charge in [0.25, 0.3) is 0 Å². The smallest absolute Gasteiger partial charge is 0.410 e.